The van der Waals surface area contributed by atoms with Crippen LogP contribution < -0.4 is 4.74 Å². The zero-order valence-electron chi connectivity index (χ0n) is 16.1. The normalized spacial score (nSPS) is 17.8. The third-order valence-electron chi connectivity index (χ3n) is 5.44. The van der Waals surface area contributed by atoms with Crippen molar-refractivity contribution in [2.24, 2.45) is 0 Å². The molecule has 0 saturated heterocycles. The molecule has 1 aliphatic carbocycles. The predicted molar refractivity (Wildman–Crippen MR) is 108 cm³/mol. The summed E-state index contributed by atoms with van der Waals surface area (Å²) in [4.78, 5) is 2.44. The first kappa shape index (κ1) is 22.3. The van der Waals surface area contributed by atoms with Crippen LogP contribution in [0.4, 0.5) is 0 Å². The van der Waals surface area contributed by atoms with E-state index in [9.17, 15) is 5.11 Å². The molecule has 0 spiro atoms. The van der Waals surface area contributed by atoms with E-state index in [4.69, 9.17) is 4.74 Å². The summed E-state index contributed by atoms with van der Waals surface area (Å²) in [6.07, 6.45) is 7.24. The molecule has 2 atom stereocenters. The monoisotopic (exact) mass is 369 g/mol. The second-order valence-corrected chi connectivity index (χ2v) is 7.19. The summed E-state index contributed by atoms with van der Waals surface area (Å²) in [6, 6.07) is 8.87. The van der Waals surface area contributed by atoms with Crippen molar-refractivity contribution >= 4 is 12.4 Å². The number of benzene rings is 1. The Hall–Kier alpha value is -0.770. The van der Waals surface area contributed by atoms with E-state index in [2.05, 4.69) is 37.8 Å². The van der Waals surface area contributed by atoms with Crippen LogP contribution in [0.2, 0.25) is 0 Å². The van der Waals surface area contributed by atoms with Crippen molar-refractivity contribution in [1.29, 1.82) is 0 Å². The summed E-state index contributed by atoms with van der Waals surface area (Å²) in [5.74, 6) is 1.40. The maximum absolute atomic E-state index is 10.5. The van der Waals surface area contributed by atoms with Gasteiger partial charge in [0.2, 0.25) is 0 Å². The Kier molecular flexibility index (Phi) is 10.5. The Morgan fingerprint density at radius 1 is 1.16 bits per heavy atom. The molecule has 1 aromatic rings. The van der Waals surface area contributed by atoms with Crippen molar-refractivity contribution in [1.82, 2.24) is 4.90 Å². The van der Waals surface area contributed by atoms with Gasteiger partial charge in [-0.15, -0.1) is 12.4 Å². The highest BCUT2D eigenvalue weighted by molar-refractivity contribution is 5.85. The van der Waals surface area contributed by atoms with Gasteiger partial charge >= 0.3 is 0 Å². The van der Waals surface area contributed by atoms with E-state index in [0.29, 0.717) is 25.1 Å². The third-order valence-corrected chi connectivity index (χ3v) is 5.44. The first-order valence-electron chi connectivity index (χ1n) is 9.79. The first-order chi connectivity index (χ1) is 11.7. The van der Waals surface area contributed by atoms with Crippen LogP contribution in [-0.2, 0) is 0 Å². The third kappa shape index (κ3) is 6.80. The summed E-state index contributed by atoms with van der Waals surface area (Å²) < 4.78 is 5.98. The van der Waals surface area contributed by atoms with Gasteiger partial charge < -0.3 is 9.84 Å². The number of halogens is 1. The fourth-order valence-corrected chi connectivity index (χ4v) is 3.73. The summed E-state index contributed by atoms with van der Waals surface area (Å²) in [5, 5.41) is 10.5. The van der Waals surface area contributed by atoms with Crippen molar-refractivity contribution < 1.29 is 9.84 Å². The summed E-state index contributed by atoms with van der Waals surface area (Å²) in [6.45, 7) is 8.70. The number of aliphatic hydroxyl groups excluding tert-OH is 1. The molecule has 0 aromatic heterocycles. The van der Waals surface area contributed by atoms with E-state index in [-0.39, 0.29) is 12.4 Å². The first-order valence-corrected chi connectivity index (χ1v) is 9.79. The van der Waals surface area contributed by atoms with E-state index in [1.165, 1.54) is 37.7 Å². The van der Waals surface area contributed by atoms with E-state index < -0.39 is 6.10 Å². The molecule has 1 N–H and O–H groups in total. The minimum atomic E-state index is -0.433. The van der Waals surface area contributed by atoms with Crippen LogP contribution in [-0.4, -0.2) is 41.8 Å². The Morgan fingerprint density at radius 2 is 1.84 bits per heavy atom. The standard InChI is InChI=1S/C21H35NO2.ClH/c1-4-17(3)20-13-9-10-14-21(20)24-16-19(23)15-22(5-2)18-11-7-6-8-12-18;/h9-10,13-14,17-19,23H,4-8,11-12,15-16H2,1-3H3;1H. The van der Waals surface area contributed by atoms with Gasteiger partial charge in [-0.25, -0.2) is 0 Å². The summed E-state index contributed by atoms with van der Waals surface area (Å²) in [7, 11) is 0. The average Bonchev–Trinajstić information content (AvgIpc) is 2.64. The van der Waals surface area contributed by atoms with Gasteiger partial charge in [0.15, 0.2) is 0 Å². The Bertz CT molecular complexity index is 477. The Balaban J connectivity index is 0.00000312. The lowest BCUT2D eigenvalue weighted by Gasteiger charge is -2.34. The van der Waals surface area contributed by atoms with Crippen LogP contribution in [0.25, 0.3) is 0 Å². The number of para-hydroxylation sites is 1. The molecule has 2 unspecified atom stereocenters. The van der Waals surface area contributed by atoms with Crippen LogP contribution in [0.5, 0.6) is 5.75 Å². The van der Waals surface area contributed by atoms with Gasteiger partial charge in [-0.05, 0) is 43.4 Å². The van der Waals surface area contributed by atoms with E-state index in [1.54, 1.807) is 0 Å². The molecule has 1 aromatic carbocycles. The fourth-order valence-electron chi connectivity index (χ4n) is 3.73. The Labute approximate surface area is 160 Å². The van der Waals surface area contributed by atoms with Crippen molar-refractivity contribution in [3.05, 3.63) is 29.8 Å². The lowest BCUT2D eigenvalue weighted by molar-refractivity contribution is 0.0460. The number of hydrogen-bond acceptors (Lipinski definition) is 3. The number of nitrogens with zero attached hydrogens (tertiary/aromatic N) is 1. The summed E-state index contributed by atoms with van der Waals surface area (Å²) in [5.41, 5.74) is 1.24. The molecule has 1 fully saturated rings. The molecule has 0 amide bonds. The van der Waals surface area contributed by atoms with Gasteiger partial charge in [0, 0.05) is 12.6 Å². The van der Waals surface area contributed by atoms with E-state index in [1.807, 2.05) is 12.1 Å². The van der Waals surface area contributed by atoms with Gasteiger partial charge in [0.25, 0.3) is 0 Å². The molecule has 2 rings (SSSR count). The van der Waals surface area contributed by atoms with Crippen molar-refractivity contribution in [3.63, 3.8) is 0 Å². The zero-order chi connectivity index (χ0) is 17.4. The molecule has 1 aliphatic rings. The van der Waals surface area contributed by atoms with Gasteiger partial charge in [-0.3, -0.25) is 4.90 Å². The lowest BCUT2D eigenvalue weighted by atomic mass is 9.94. The van der Waals surface area contributed by atoms with Crippen molar-refractivity contribution in [2.45, 2.75) is 77.4 Å². The molecule has 25 heavy (non-hydrogen) atoms. The molecule has 0 aliphatic heterocycles. The highest BCUT2D eigenvalue weighted by Gasteiger charge is 2.22. The molecule has 4 heteroatoms. The highest BCUT2D eigenvalue weighted by Crippen LogP contribution is 2.28. The van der Waals surface area contributed by atoms with Crippen LogP contribution in [0.1, 0.15) is 70.8 Å². The van der Waals surface area contributed by atoms with Crippen LogP contribution in [0.15, 0.2) is 24.3 Å². The minimum Gasteiger partial charge on any atom is -0.491 e. The van der Waals surface area contributed by atoms with Gasteiger partial charge in [0.05, 0.1) is 0 Å². The maximum Gasteiger partial charge on any atom is 0.122 e. The number of ether oxygens (including phenoxy) is 1. The predicted octanol–water partition coefficient (Wildman–Crippen LogP) is 5.02. The van der Waals surface area contributed by atoms with Gasteiger partial charge in [-0.1, -0.05) is 58.2 Å². The molecule has 0 bridgehead atoms. The SMILES string of the molecule is CCC(C)c1ccccc1OCC(O)CN(CC)C1CCCCC1.Cl. The molecule has 0 heterocycles. The summed E-state index contributed by atoms with van der Waals surface area (Å²) >= 11 is 0. The quantitative estimate of drug-likeness (QED) is 0.663. The largest absolute Gasteiger partial charge is 0.491 e. The number of hydrogen-bond donors (Lipinski definition) is 1. The fraction of sp³-hybridized carbons (Fsp3) is 0.714. The van der Waals surface area contributed by atoms with Gasteiger partial charge in [-0.2, -0.15) is 0 Å². The van der Waals surface area contributed by atoms with Crippen LogP contribution >= 0.6 is 12.4 Å². The molecule has 144 valence electrons. The van der Waals surface area contributed by atoms with Crippen molar-refractivity contribution in [2.75, 3.05) is 19.7 Å². The zero-order valence-corrected chi connectivity index (χ0v) is 16.9. The molecule has 3 nitrogen and oxygen atoms in total. The number of aliphatic hydroxyl groups is 1. The highest BCUT2D eigenvalue weighted by atomic mass is 35.5. The number of likely N-dealkylation sites (N-methyl/N-ethyl adjacent to an activating group) is 1. The van der Waals surface area contributed by atoms with E-state index in [0.717, 1.165) is 18.7 Å². The topological polar surface area (TPSA) is 32.7 Å². The smallest absolute Gasteiger partial charge is 0.122 e. The molecular weight excluding hydrogens is 334 g/mol. The van der Waals surface area contributed by atoms with Crippen molar-refractivity contribution in [3.8, 4) is 5.75 Å². The van der Waals surface area contributed by atoms with Crippen LogP contribution in [0, 0.1) is 0 Å². The van der Waals surface area contributed by atoms with Crippen LogP contribution in [0.3, 0.4) is 0 Å². The second-order valence-electron chi connectivity index (χ2n) is 7.19. The second kappa shape index (κ2) is 11.8. The average molecular weight is 370 g/mol. The van der Waals surface area contributed by atoms with Gasteiger partial charge in [0.1, 0.15) is 18.5 Å². The minimum absolute atomic E-state index is 0. The Morgan fingerprint density at radius 3 is 2.48 bits per heavy atom. The number of rotatable bonds is 9. The molecule has 1 saturated carbocycles. The molecular formula is C21H36ClNO2. The lowest BCUT2D eigenvalue weighted by Crippen LogP contribution is -2.43. The molecule has 0 radical (unpaired) electrons. The maximum atomic E-state index is 10.5. The van der Waals surface area contributed by atoms with E-state index >= 15 is 0 Å².